The Morgan fingerprint density at radius 2 is 2.12 bits per heavy atom. The largest absolute Gasteiger partial charge is 0.483 e. The molecule has 0 aliphatic carbocycles. The standard InChI is InChI=1S/C17H19N3O2S.CH2O2/c1-11-7-16(18-15-8-13(23-2)3-4-14(11)15)19-5-6-20-12(9-19)10-22-17(20)21;2-1-3/h3-4,7-8,12H,5-6,9-10H2,1-2H3;1H,(H,2,3). The van der Waals surface area contributed by atoms with Crippen molar-refractivity contribution in [2.45, 2.75) is 17.9 Å². The van der Waals surface area contributed by atoms with Gasteiger partial charge in [-0.1, -0.05) is 6.07 Å². The molecule has 2 aliphatic rings. The number of fused-ring (bicyclic) bond motifs is 2. The number of aryl methyl sites for hydroxylation is 1. The molecule has 2 fully saturated rings. The summed E-state index contributed by atoms with van der Waals surface area (Å²) in [6, 6.07) is 8.73. The van der Waals surface area contributed by atoms with Gasteiger partial charge < -0.3 is 14.7 Å². The molecule has 0 saturated carbocycles. The van der Waals surface area contributed by atoms with Gasteiger partial charge in [-0.05, 0) is 36.9 Å². The average molecular weight is 375 g/mol. The fraction of sp³-hybridized carbons (Fsp3) is 0.389. The van der Waals surface area contributed by atoms with Gasteiger partial charge in [-0.25, -0.2) is 9.78 Å². The van der Waals surface area contributed by atoms with Gasteiger partial charge >= 0.3 is 6.09 Å². The first-order chi connectivity index (χ1) is 12.6. The van der Waals surface area contributed by atoms with Crippen LogP contribution in [0.5, 0.6) is 0 Å². The van der Waals surface area contributed by atoms with Gasteiger partial charge in [0.2, 0.25) is 0 Å². The van der Waals surface area contributed by atoms with Gasteiger partial charge in [0.25, 0.3) is 6.47 Å². The average Bonchev–Trinajstić information content (AvgIpc) is 3.02. The van der Waals surface area contributed by atoms with Crippen molar-refractivity contribution in [3.63, 3.8) is 0 Å². The number of piperazine rings is 1. The molecule has 0 radical (unpaired) electrons. The summed E-state index contributed by atoms with van der Waals surface area (Å²) in [5.41, 5.74) is 2.27. The topological polar surface area (TPSA) is 83.0 Å². The molecule has 3 heterocycles. The lowest BCUT2D eigenvalue weighted by Crippen LogP contribution is -2.52. The third-order valence-electron chi connectivity index (χ3n) is 4.65. The van der Waals surface area contributed by atoms with Crippen LogP contribution in [0.3, 0.4) is 0 Å². The van der Waals surface area contributed by atoms with Crippen LogP contribution in [-0.4, -0.2) is 66.1 Å². The van der Waals surface area contributed by atoms with Gasteiger partial charge in [0.05, 0.1) is 11.6 Å². The summed E-state index contributed by atoms with van der Waals surface area (Å²) in [6.07, 6.45) is 1.90. The predicted octanol–water partition coefficient (Wildman–Crippen LogP) is 2.61. The number of hydrogen-bond donors (Lipinski definition) is 1. The number of aromatic nitrogens is 1. The Balaban J connectivity index is 0.000000613. The van der Waals surface area contributed by atoms with Crippen LogP contribution in [0.2, 0.25) is 0 Å². The Morgan fingerprint density at radius 1 is 1.35 bits per heavy atom. The van der Waals surface area contributed by atoms with Crippen LogP contribution in [0.25, 0.3) is 10.9 Å². The molecule has 2 aliphatic heterocycles. The highest BCUT2D eigenvalue weighted by atomic mass is 32.2. The van der Waals surface area contributed by atoms with Gasteiger partial charge in [0, 0.05) is 29.9 Å². The van der Waals surface area contributed by atoms with Crippen LogP contribution in [0.1, 0.15) is 5.56 Å². The number of amides is 1. The van der Waals surface area contributed by atoms with Gasteiger partial charge in [-0.2, -0.15) is 0 Å². The molecule has 0 spiro atoms. The minimum atomic E-state index is -0.250. The van der Waals surface area contributed by atoms with E-state index in [1.54, 1.807) is 11.8 Å². The van der Waals surface area contributed by atoms with E-state index in [2.05, 4.69) is 42.3 Å². The number of benzene rings is 1. The van der Waals surface area contributed by atoms with E-state index >= 15 is 0 Å². The molecule has 26 heavy (non-hydrogen) atoms. The number of rotatable bonds is 2. The molecular weight excluding hydrogens is 354 g/mol. The fourth-order valence-electron chi connectivity index (χ4n) is 3.35. The second-order valence-corrected chi connectivity index (χ2v) is 7.04. The Morgan fingerprint density at radius 3 is 2.85 bits per heavy atom. The molecule has 2 saturated heterocycles. The summed E-state index contributed by atoms with van der Waals surface area (Å²) in [5, 5.41) is 8.09. The van der Waals surface area contributed by atoms with E-state index in [4.69, 9.17) is 19.6 Å². The molecule has 1 unspecified atom stereocenters. The zero-order valence-corrected chi connectivity index (χ0v) is 15.5. The summed E-state index contributed by atoms with van der Waals surface area (Å²) < 4.78 is 5.15. The number of carboxylic acid groups (broad SMARTS) is 1. The van der Waals surface area contributed by atoms with Gasteiger partial charge in [-0.3, -0.25) is 9.69 Å². The van der Waals surface area contributed by atoms with E-state index in [9.17, 15) is 4.79 Å². The van der Waals surface area contributed by atoms with E-state index < -0.39 is 0 Å². The lowest BCUT2D eigenvalue weighted by molar-refractivity contribution is -0.122. The minimum Gasteiger partial charge on any atom is -0.483 e. The molecule has 1 amide bonds. The van der Waals surface area contributed by atoms with E-state index in [1.165, 1.54) is 15.8 Å². The maximum Gasteiger partial charge on any atom is 0.410 e. The molecule has 7 nitrogen and oxygen atoms in total. The number of carbonyl (C=O) groups excluding carboxylic acids is 1. The summed E-state index contributed by atoms with van der Waals surface area (Å²) >= 11 is 1.73. The number of carbonyl (C=O) groups is 2. The van der Waals surface area contributed by atoms with Crippen LogP contribution in [-0.2, 0) is 9.53 Å². The summed E-state index contributed by atoms with van der Waals surface area (Å²) in [6.45, 7) is 4.65. The van der Waals surface area contributed by atoms with Crippen molar-refractivity contribution in [3.05, 3.63) is 29.8 Å². The highest BCUT2D eigenvalue weighted by Gasteiger charge is 2.37. The summed E-state index contributed by atoms with van der Waals surface area (Å²) in [5.74, 6) is 0.993. The highest BCUT2D eigenvalue weighted by Crippen LogP contribution is 2.28. The second-order valence-electron chi connectivity index (χ2n) is 6.16. The first-order valence-corrected chi connectivity index (χ1v) is 9.51. The Kier molecular flexibility index (Phi) is 5.51. The van der Waals surface area contributed by atoms with E-state index in [0.717, 1.165) is 24.4 Å². The lowest BCUT2D eigenvalue weighted by atomic mass is 10.1. The molecule has 0 bridgehead atoms. The van der Waals surface area contributed by atoms with Crippen molar-refractivity contribution in [3.8, 4) is 0 Å². The zero-order valence-electron chi connectivity index (χ0n) is 14.7. The molecule has 1 N–H and O–H groups in total. The van der Waals surface area contributed by atoms with Crippen molar-refractivity contribution in [1.29, 1.82) is 0 Å². The third-order valence-corrected chi connectivity index (χ3v) is 5.38. The molecule has 1 aromatic carbocycles. The predicted molar refractivity (Wildman–Crippen MR) is 101 cm³/mol. The normalized spacial score (nSPS) is 18.8. The second kappa shape index (κ2) is 7.82. The van der Waals surface area contributed by atoms with Gasteiger partial charge in [0.15, 0.2) is 0 Å². The van der Waals surface area contributed by atoms with Crippen molar-refractivity contribution in [2.24, 2.45) is 0 Å². The number of pyridine rings is 1. The molecule has 8 heteroatoms. The van der Waals surface area contributed by atoms with Crippen molar-refractivity contribution >= 4 is 41.0 Å². The van der Waals surface area contributed by atoms with Gasteiger partial charge in [-0.15, -0.1) is 11.8 Å². The van der Waals surface area contributed by atoms with Crippen LogP contribution < -0.4 is 4.90 Å². The first kappa shape index (κ1) is 18.3. The van der Waals surface area contributed by atoms with Gasteiger partial charge in [0.1, 0.15) is 12.4 Å². The number of cyclic esters (lactones) is 1. The number of ether oxygens (including phenoxy) is 1. The quantitative estimate of drug-likeness (QED) is 0.638. The number of thioether (sulfide) groups is 1. The zero-order chi connectivity index (χ0) is 18.7. The van der Waals surface area contributed by atoms with Crippen LogP contribution in [0.4, 0.5) is 10.6 Å². The Labute approximate surface area is 155 Å². The smallest absolute Gasteiger partial charge is 0.410 e. The lowest BCUT2D eigenvalue weighted by Gasteiger charge is -2.36. The molecule has 4 rings (SSSR count). The monoisotopic (exact) mass is 375 g/mol. The minimum absolute atomic E-state index is 0.145. The van der Waals surface area contributed by atoms with Crippen molar-refractivity contribution < 1.29 is 19.4 Å². The SMILES string of the molecule is CSc1ccc2c(C)cc(N3CCN4C(=O)OCC4C3)nc2c1.O=CO. The number of anilines is 1. The Bertz CT molecular complexity index is 829. The molecule has 1 aromatic heterocycles. The number of nitrogens with zero attached hydrogens (tertiary/aromatic N) is 3. The van der Waals surface area contributed by atoms with Crippen LogP contribution >= 0.6 is 11.8 Å². The number of hydrogen-bond acceptors (Lipinski definition) is 6. The molecule has 138 valence electrons. The van der Waals surface area contributed by atoms with Crippen LogP contribution in [0, 0.1) is 6.92 Å². The fourth-order valence-corrected chi connectivity index (χ4v) is 3.78. The molecule has 1 atom stereocenters. The highest BCUT2D eigenvalue weighted by molar-refractivity contribution is 7.98. The first-order valence-electron chi connectivity index (χ1n) is 8.29. The maximum absolute atomic E-state index is 11.6. The molecular formula is C18H21N3O4S. The van der Waals surface area contributed by atoms with E-state index in [0.29, 0.717) is 13.2 Å². The Hall–Kier alpha value is -2.48. The van der Waals surface area contributed by atoms with Crippen molar-refractivity contribution in [1.82, 2.24) is 9.88 Å². The van der Waals surface area contributed by atoms with Crippen molar-refractivity contribution in [2.75, 3.05) is 37.4 Å². The summed E-state index contributed by atoms with van der Waals surface area (Å²) in [7, 11) is 0. The summed E-state index contributed by atoms with van der Waals surface area (Å²) in [4.78, 5) is 30.2. The third kappa shape index (κ3) is 3.55. The van der Waals surface area contributed by atoms with E-state index in [1.807, 2.05) is 4.90 Å². The van der Waals surface area contributed by atoms with Crippen LogP contribution in [0.15, 0.2) is 29.2 Å². The van der Waals surface area contributed by atoms with E-state index in [-0.39, 0.29) is 18.6 Å². The molecule has 2 aromatic rings. The maximum atomic E-state index is 11.6.